The van der Waals surface area contributed by atoms with Crippen LogP contribution in [0.4, 0.5) is 0 Å². The Bertz CT molecular complexity index is 2430. The van der Waals surface area contributed by atoms with Crippen LogP contribution >= 0.6 is 0 Å². The average molecular weight is 1010 g/mol. The molecule has 8 rings (SSSR count). The Hall–Kier alpha value is -6.93. The second-order valence-corrected chi connectivity index (χ2v) is 16.4. The van der Waals surface area contributed by atoms with E-state index in [1.165, 1.54) is 0 Å². The van der Waals surface area contributed by atoms with Gasteiger partial charge in [0.05, 0.1) is 58.2 Å². The molecule has 0 radical (unpaired) electrons. The van der Waals surface area contributed by atoms with E-state index in [0.717, 1.165) is 67.5 Å². The first kappa shape index (κ1) is 48.7. The summed E-state index contributed by atoms with van der Waals surface area (Å²) in [5.41, 5.74) is 21.8. The van der Waals surface area contributed by atoms with Gasteiger partial charge in [-0.15, -0.1) is 0 Å². The van der Waals surface area contributed by atoms with E-state index in [4.69, 9.17) is 42.2 Å². The van der Waals surface area contributed by atoms with Gasteiger partial charge in [-0.1, -0.05) is 224 Å². The molecule has 8 aromatic rings. The number of nitrogens with two attached hydrogens (primary N) is 2. The molecule has 0 bridgehead atoms. The summed E-state index contributed by atoms with van der Waals surface area (Å²) in [6.07, 6.45) is 3.70. The SMILES string of the molecule is CC(C)(C)C(=N)N.CC(C)(C)C(=N)N.[Ir+3].c1ccc(-c2cnc(-c3ccccc3)c(-c3ccccc3)n2)cc1.c1ccc(-c2cnc(-c3ccccc3)c(-c3ccccc3)n2)cc1. The molecular formula is C54H56IrN8+3. The van der Waals surface area contributed by atoms with Gasteiger partial charge in [-0.2, -0.15) is 0 Å². The summed E-state index contributed by atoms with van der Waals surface area (Å²) < 4.78 is 0. The summed E-state index contributed by atoms with van der Waals surface area (Å²) in [5, 5.41) is 13.8. The molecule has 0 amide bonds. The van der Waals surface area contributed by atoms with Crippen molar-refractivity contribution >= 4 is 11.7 Å². The number of nitrogens with one attached hydrogen (secondary N) is 2. The van der Waals surface area contributed by atoms with Crippen LogP contribution in [-0.4, -0.2) is 31.6 Å². The molecule has 63 heavy (non-hydrogen) atoms. The third-order valence-electron chi connectivity index (χ3n) is 9.49. The summed E-state index contributed by atoms with van der Waals surface area (Å²) in [7, 11) is 0. The molecule has 9 heteroatoms. The Balaban J connectivity index is 0.000000211. The van der Waals surface area contributed by atoms with E-state index in [1.807, 2.05) is 163 Å². The van der Waals surface area contributed by atoms with E-state index in [2.05, 4.69) is 72.8 Å². The number of amidine groups is 2. The monoisotopic (exact) mass is 1010 g/mol. The molecule has 0 aliphatic carbocycles. The van der Waals surface area contributed by atoms with Crippen LogP contribution in [0.5, 0.6) is 0 Å². The molecule has 2 heterocycles. The van der Waals surface area contributed by atoms with Crippen molar-refractivity contribution < 1.29 is 20.1 Å². The molecule has 318 valence electrons. The smallest absolute Gasteiger partial charge is 0.387 e. The molecule has 0 unspecified atom stereocenters. The topological polar surface area (TPSA) is 151 Å². The largest absolute Gasteiger partial charge is 3.00 e. The van der Waals surface area contributed by atoms with Crippen molar-refractivity contribution in [2.75, 3.05) is 0 Å². The molecule has 0 fully saturated rings. The fourth-order valence-corrected chi connectivity index (χ4v) is 5.48. The summed E-state index contributed by atoms with van der Waals surface area (Å²) in [5.74, 6) is 0.486. The van der Waals surface area contributed by atoms with Crippen LogP contribution < -0.4 is 11.5 Å². The van der Waals surface area contributed by atoms with Crippen LogP contribution in [0.2, 0.25) is 0 Å². The van der Waals surface area contributed by atoms with Crippen LogP contribution in [0, 0.1) is 21.6 Å². The first-order valence-electron chi connectivity index (χ1n) is 20.5. The molecule has 0 spiro atoms. The number of rotatable bonds is 6. The molecule has 2 aromatic heterocycles. The van der Waals surface area contributed by atoms with E-state index in [-0.39, 0.29) is 42.6 Å². The van der Waals surface area contributed by atoms with Gasteiger partial charge in [0.2, 0.25) is 0 Å². The number of benzene rings is 6. The molecule has 0 saturated heterocycles. The van der Waals surface area contributed by atoms with Crippen molar-refractivity contribution in [1.29, 1.82) is 10.8 Å². The summed E-state index contributed by atoms with van der Waals surface area (Å²) >= 11 is 0. The number of hydrogen-bond acceptors (Lipinski definition) is 6. The molecule has 0 aliphatic heterocycles. The zero-order chi connectivity index (χ0) is 44.5. The predicted molar refractivity (Wildman–Crippen MR) is 259 cm³/mol. The van der Waals surface area contributed by atoms with Crippen LogP contribution in [0.1, 0.15) is 41.5 Å². The predicted octanol–water partition coefficient (Wildman–Crippen LogP) is 12.9. The maximum absolute atomic E-state index is 6.92. The van der Waals surface area contributed by atoms with E-state index >= 15 is 0 Å². The van der Waals surface area contributed by atoms with Crippen molar-refractivity contribution in [2.45, 2.75) is 41.5 Å². The summed E-state index contributed by atoms with van der Waals surface area (Å²) in [4.78, 5) is 19.3. The number of hydrogen-bond donors (Lipinski definition) is 4. The molecule has 0 aliphatic rings. The maximum Gasteiger partial charge on any atom is 3.00 e. The van der Waals surface area contributed by atoms with Gasteiger partial charge in [-0.3, -0.25) is 20.8 Å². The first-order chi connectivity index (χ1) is 29.7. The average Bonchev–Trinajstić information content (AvgIpc) is 3.30. The molecule has 6 aromatic carbocycles. The molecular weight excluding hydrogens is 953 g/mol. The van der Waals surface area contributed by atoms with E-state index in [1.54, 1.807) is 0 Å². The van der Waals surface area contributed by atoms with Crippen LogP contribution in [-0.2, 0) is 20.1 Å². The number of aromatic nitrogens is 4. The summed E-state index contributed by atoms with van der Waals surface area (Å²) in [6, 6.07) is 61.1. The van der Waals surface area contributed by atoms with Gasteiger partial charge >= 0.3 is 20.1 Å². The zero-order valence-corrected chi connectivity index (χ0v) is 39.1. The van der Waals surface area contributed by atoms with E-state index in [9.17, 15) is 0 Å². The van der Waals surface area contributed by atoms with E-state index < -0.39 is 0 Å². The Labute approximate surface area is 386 Å². The Kier molecular flexibility index (Phi) is 18.0. The summed E-state index contributed by atoms with van der Waals surface area (Å²) in [6.45, 7) is 11.5. The molecule has 0 saturated carbocycles. The van der Waals surface area contributed by atoms with Gasteiger partial charge in [0.1, 0.15) is 0 Å². The van der Waals surface area contributed by atoms with Crippen molar-refractivity contribution in [3.05, 3.63) is 194 Å². The third kappa shape index (κ3) is 14.6. The van der Waals surface area contributed by atoms with Gasteiger partial charge in [0, 0.05) is 44.2 Å². The fraction of sp³-hybridized carbons (Fsp3) is 0.148. The van der Waals surface area contributed by atoms with Crippen LogP contribution in [0.15, 0.2) is 194 Å². The normalized spacial score (nSPS) is 10.5. The van der Waals surface area contributed by atoms with E-state index in [0.29, 0.717) is 0 Å². The second-order valence-electron chi connectivity index (χ2n) is 16.4. The minimum Gasteiger partial charge on any atom is -0.387 e. The second kappa shape index (κ2) is 23.3. The van der Waals surface area contributed by atoms with Crippen LogP contribution in [0.3, 0.4) is 0 Å². The third-order valence-corrected chi connectivity index (χ3v) is 9.49. The molecule has 6 N–H and O–H groups in total. The van der Waals surface area contributed by atoms with Gasteiger partial charge in [-0.05, 0) is 0 Å². The Morgan fingerprint density at radius 1 is 0.349 bits per heavy atom. The first-order valence-corrected chi connectivity index (χ1v) is 20.5. The minimum atomic E-state index is -0.139. The van der Waals surface area contributed by atoms with Crippen LogP contribution in [0.25, 0.3) is 67.5 Å². The fourth-order valence-electron chi connectivity index (χ4n) is 5.48. The Morgan fingerprint density at radius 2 is 0.540 bits per heavy atom. The van der Waals surface area contributed by atoms with Gasteiger partial charge in [0.25, 0.3) is 0 Å². The van der Waals surface area contributed by atoms with Gasteiger partial charge in [0.15, 0.2) is 0 Å². The number of nitrogens with zero attached hydrogens (tertiary/aromatic N) is 4. The quantitative estimate of drug-likeness (QED) is 0.0962. The zero-order valence-electron chi connectivity index (χ0n) is 36.8. The molecule has 0 atom stereocenters. The Morgan fingerprint density at radius 3 is 0.746 bits per heavy atom. The van der Waals surface area contributed by atoms with Crippen molar-refractivity contribution in [3.63, 3.8) is 0 Å². The standard InChI is InChI=1S/2C22H16N2.2C5H12N2.Ir/c2*1-4-10-17(11-5-1)20-16-23-21(18-12-6-2-7-13-18)22(24-20)19-14-8-3-9-15-19;2*1-5(2,3)4(6)7;/h2*1-16H;2*1-3H3,(H3,6,7);/q;;;;+3. The van der Waals surface area contributed by atoms with Gasteiger partial charge < -0.3 is 11.5 Å². The van der Waals surface area contributed by atoms with Gasteiger partial charge in [-0.25, -0.2) is 9.97 Å². The minimum absolute atomic E-state index is 0. The van der Waals surface area contributed by atoms with Crippen molar-refractivity contribution in [3.8, 4) is 67.5 Å². The molecule has 8 nitrogen and oxygen atoms in total. The van der Waals surface area contributed by atoms with Crippen molar-refractivity contribution in [2.24, 2.45) is 22.3 Å². The maximum atomic E-state index is 6.92. The van der Waals surface area contributed by atoms with Crippen molar-refractivity contribution in [1.82, 2.24) is 19.9 Å².